The highest BCUT2D eigenvalue weighted by Gasteiger charge is 2.27. The second-order valence-electron chi connectivity index (χ2n) is 8.13. The minimum atomic E-state index is -0.210. The third kappa shape index (κ3) is 4.66. The topological polar surface area (TPSA) is 97.3 Å². The summed E-state index contributed by atoms with van der Waals surface area (Å²) < 4.78 is 5.38. The number of carbonyl (C=O) groups excluding carboxylic acids is 1. The molecule has 7 heteroatoms. The van der Waals surface area contributed by atoms with Crippen LogP contribution in [0.15, 0.2) is 29.0 Å². The van der Waals surface area contributed by atoms with Crippen LogP contribution in [0.4, 0.5) is 5.82 Å². The molecule has 1 amide bonds. The summed E-state index contributed by atoms with van der Waals surface area (Å²) in [4.78, 5) is 24.1. The quantitative estimate of drug-likeness (QED) is 0.839. The number of hydrogen-bond acceptors (Lipinski definition) is 6. The van der Waals surface area contributed by atoms with Crippen LogP contribution in [0.5, 0.6) is 0 Å². The number of nitrogens with zero attached hydrogens (tertiary/aromatic N) is 3. The Morgan fingerprint density at radius 1 is 1.44 bits per heavy atom. The SMILES string of the molecule is CC(C)(C)c1ncc(C(=O)N2CCCC(CN)C2)c(NCc2ccco2)n1. The fraction of sp³-hybridized carbons (Fsp3) is 0.550. The molecule has 3 heterocycles. The van der Waals surface area contributed by atoms with Crippen molar-refractivity contribution >= 4 is 11.7 Å². The predicted octanol–water partition coefficient (Wildman–Crippen LogP) is 2.79. The third-order valence-corrected chi connectivity index (χ3v) is 4.84. The van der Waals surface area contributed by atoms with Crippen LogP contribution in [-0.4, -0.2) is 40.4 Å². The van der Waals surface area contributed by atoms with Crippen molar-refractivity contribution in [2.45, 2.75) is 45.6 Å². The zero-order valence-electron chi connectivity index (χ0n) is 16.4. The monoisotopic (exact) mass is 371 g/mol. The molecule has 2 aromatic rings. The van der Waals surface area contributed by atoms with Crippen molar-refractivity contribution in [1.82, 2.24) is 14.9 Å². The van der Waals surface area contributed by atoms with Crippen LogP contribution < -0.4 is 11.1 Å². The Balaban J connectivity index is 1.86. The van der Waals surface area contributed by atoms with Gasteiger partial charge in [-0.15, -0.1) is 0 Å². The van der Waals surface area contributed by atoms with Crippen molar-refractivity contribution in [1.29, 1.82) is 0 Å². The first kappa shape index (κ1) is 19.4. The first-order valence-electron chi connectivity index (χ1n) is 9.51. The molecule has 3 N–H and O–H groups in total. The lowest BCUT2D eigenvalue weighted by molar-refractivity contribution is 0.0678. The van der Waals surface area contributed by atoms with Gasteiger partial charge < -0.3 is 20.4 Å². The summed E-state index contributed by atoms with van der Waals surface area (Å²) in [5, 5.41) is 3.26. The molecule has 0 spiro atoms. The van der Waals surface area contributed by atoms with E-state index < -0.39 is 0 Å². The molecule has 1 fully saturated rings. The standard InChI is InChI=1S/C20H29N5O2/c1-20(2,3)19-23-12-16(17(24-19)22-11-15-7-5-9-27-15)18(26)25-8-4-6-14(10-21)13-25/h5,7,9,12,14H,4,6,8,10-11,13,21H2,1-3H3,(H,22,23,24). The molecule has 0 saturated carbocycles. The van der Waals surface area contributed by atoms with Gasteiger partial charge in [-0.3, -0.25) is 4.79 Å². The maximum Gasteiger partial charge on any atom is 0.259 e. The molecule has 3 rings (SSSR count). The van der Waals surface area contributed by atoms with E-state index in [0.717, 1.165) is 25.1 Å². The molecule has 0 bridgehead atoms. The number of aromatic nitrogens is 2. The Kier molecular flexibility index (Phi) is 5.79. The highest BCUT2D eigenvalue weighted by Crippen LogP contribution is 2.24. The van der Waals surface area contributed by atoms with Gasteiger partial charge in [-0.05, 0) is 37.4 Å². The van der Waals surface area contributed by atoms with E-state index >= 15 is 0 Å². The lowest BCUT2D eigenvalue weighted by atomic mass is 9.95. The molecule has 1 atom stereocenters. The Labute approximate surface area is 160 Å². The average molecular weight is 371 g/mol. The molecule has 0 aliphatic carbocycles. The van der Waals surface area contributed by atoms with Crippen molar-refractivity contribution < 1.29 is 9.21 Å². The third-order valence-electron chi connectivity index (χ3n) is 4.84. The second kappa shape index (κ2) is 8.08. The van der Waals surface area contributed by atoms with Gasteiger partial charge >= 0.3 is 0 Å². The van der Waals surface area contributed by atoms with Gasteiger partial charge in [-0.2, -0.15) is 0 Å². The van der Waals surface area contributed by atoms with Gasteiger partial charge in [0.05, 0.1) is 12.8 Å². The molecular weight excluding hydrogens is 342 g/mol. The number of rotatable bonds is 5. The van der Waals surface area contributed by atoms with Crippen molar-refractivity contribution in [3.63, 3.8) is 0 Å². The fourth-order valence-electron chi connectivity index (χ4n) is 3.23. The van der Waals surface area contributed by atoms with Gasteiger partial charge in [-0.1, -0.05) is 20.8 Å². The minimum Gasteiger partial charge on any atom is -0.467 e. The number of amides is 1. The van der Waals surface area contributed by atoms with Crippen LogP contribution in [0, 0.1) is 5.92 Å². The summed E-state index contributed by atoms with van der Waals surface area (Å²) in [6, 6.07) is 3.72. The van der Waals surface area contributed by atoms with E-state index in [4.69, 9.17) is 10.2 Å². The van der Waals surface area contributed by atoms with Crippen LogP contribution >= 0.6 is 0 Å². The van der Waals surface area contributed by atoms with Crippen LogP contribution in [0.3, 0.4) is 0 Å². The molecule has 27 heavy (non-hydrogen) atoms. The van der Waals surface area contributed by atoms with Crippen molar-refractivity contribution in [3.8, 4) is 0 Å². The zero-order valence-corrected chi connectivity index (χ0v) is 16.4. The number of carbonyl (C=O) groups is 1. The first-order chi connectivity index (χ1) is 12.9. The summed E-state index contributed by atoms with van der Waals surface area (Å²) in [6.45, 7) is 8.65. The van der Waals surface area contributed by atoms with E-state index in [9.17, 15) is 4.79 Å². The summed E-state index contributed by atoms with van der Waals surface area (Å²) in [6.07, 6.45) is 5.32. The summed E-state index contributed by atoms with van der Waals surface area (Å²) >= 11 is 0. The van der Waals surface area contributed by atoms with E-state index in [0.29, 0.717) is 42.8 Å². The fourth-order valence-corrected chi connectivity index (χ4v) is 3.23. The number of anilines is 1. The lowest BCUT2D eigenvalue weighted by Gasteiger charge is -2.32. The average Bonchev–Trinajstić information content (AvgIpc) is 3.18. The van der Waals surface area contributed by atoms with Gasteiger partial charge in [0.25, 0.3) is 5.91 Å². The van der Waals surface area contributed by atoms with Gasteiger partial charge in [0, 0.05) is 24.7 Å². The first-order valence-corrected chi connectivity index (χ1v) is 9.51. The molecule has 0 aromatic carbocycles. The smallest absolute Gasteiger partial charge is 0.259 e. The number of nitrogens with two attached hydrogens (primary N) is 1. The van der Waals surface area contributed by atoms with E-state index in [2.05, 4.69) is 36.1 Å². The Morgan fingerprint density at radius 2 is 2.26 bits per heavy atom. The molecule has 1 aliphatic rings. The predicted molar refractivity (Wildman–Crippen MR) is 104 cm³/mol. The maximum absolute atomic E-state index is 13.1. The maximum atomic E-state index is 13.1. The number of likely N-dealkylation sites (tertiary alicyclic amines) is 1. The van der Waals surface area contributed by atoms with Crippen LogP contribution in [0.25, 0.3) is 0 Å². The summed E-state index contributed by atoms with van der Waals surface area (Å²) in [5.41, 5.74) is 6.10. The number of hydrogen-bond donors (Lipinski definition) is 2. The molecular formula is C20H29N5O2. The van der Waals surface area contributed by atoms with E-state index in [-0.39, 0.29) is 11.3 Å². The van der Waals surface area contributed by atoms with Crippen LogP contribution in [0.1, 0.15) is 55.6 Å². The molecule has 1 unspecified atom stereocenters. The van der Waals surface area contributed by atoms with E-state index in [1.807, 2.05) is 17.0 Å². The lowest BCUT2D eigenvalue weighted by Crippen LogP contribution is -2.42. The normalized spacial score (nSPS) is 17.8. The number of piperidine rings is 1. The van der Waals surface area contributed by atoms with Crippen molar-refractivity contribution in [2.75, 3.05) is 25.0 Å². The molecule has 2 aromatic heterocycles. The minimum absolute atomic E-state index is 0.0458. The van der Waals surface area contributed by atoms with Gasteiger partial charge in [-0.25, -0.2) is 9.97 Å². The highest BCUT2D eigenvalue weighted by atomic mass is 16.3. The highest BCUT2D eigenvalue weighted by molar-refractivity contribution is 5.98. The Bertz CT molecular complexity index is 767. The largest absolute Gasteiger partial charge is 0.467 e. The van der Waals surface area contributed by atoms with Crippen LogP contribution in [-0.2, 0) is 12.0 Å². The zero-order chi connectivity index (χ0) is 19.4. The van der Waals surface area contributed by atoms with Gasteiger partial charge in [0.1, 0.15) is 23.0 Å². The van der Waals surface area contributed by atoms with E-state index in [1.165, 1.54) is 0 Å². The molecule has 0 radical (unpaired) electrons. The van der Waals surface area contributed by atoms with Crippen molar-refractivity contribution in [3.05, 3.63) is 41.7 Å². The van der Waals surface area contributed by atoms with Gasteiger partial charge in [0.2, 0.25) is 0 Å². The summed E-state index contributed by atoms with van der Waals surface area (Å²) in [5.74, 6) is 2.34. The van der Waals surface area contributed by atoms with Crippen LogP contribution in [0.2, 0.25) is 0 Å². The molecule has 146 valence electrons. The Hall–Kier alpha value is -2.41. The second-order valence-corrected chi connectivity index (χ2v) is 8.13. The van der Waals surface area contributed by atoms with E-state index in [1.54, 1.807) is 12.5 Å². The van der Waals surface area contributed by atoms with Gasteiger partial charge in [0.15, 0.2) is 0 Å². The molecule has 7 nitrogen and oxygen atoms in total. The van der Waals surface area contributed by atoms with Crippen molar-refractivity contribution in [2.24, 2.45) is 11.7 Å². The molecule has 1 aliphatic heterocycles. The number of nitrogens with one attached hydrogen (secondary N) is 1. The molecule has 1 saturated heterocycles. The summed E-state index contributed by atoms with van der Waals surface area (Å²) in [7, 11) is 0. The number of furan rings is 1. The Morgan fingerprint density at radius 3 is 2.93 bits per heavy atom.